The van der Waals surface area contributed by atoms with Crippen LogP contribution in [0.15, 0.2) is 72.5 Å². The molecule has 0 aliphatic rings. The van der Waals surface area contributed by atoms with Gasteiger partial charge < -0.3 is 0 Å². The number of hydrogen-bond donors (Lipinski definition) is 3. The summed E-state index contributed by atoms with van der Waals surface area (Å²) in [5.41, 5.74) is 11.8. The molecule has 0 heterocycles. The van der Waals surface area contributed by atoms with E-state index in [1.54, 1.807) is 6.08 Å². The van der Waals surface area contributed by atoms with Crippen molar-refractivity contribution in [3.63, 3.8) is 0 Å². The Morgan fingerprint density at radius 2 is 1.81 bits per heavy atom. The molecule has 0 amide bonds. The average molecular weight is 361 g/mol. The standard InChI is InChI=1S/C23H27N3O/c1-5-21-13-12-20(15-22(21)6-2)16-24-25-18(4)23-9-7-8-19(14-23)11-10-17(3)26-27/h7-16,25-27H,3-6H2,1-2H3/b11-10+,24-16+. The van der Waals surface area contributed by atoms with E-state index in [1.807, 2.05) is 42.0 Å². The third-order valence-electron chi connectivity index (χ3n) is 4.26. The van der Waals surface area contributed by atoms with E-state index < -0.39 is 0 Å². The molecular formula is C23H27N3O. The second kappa shape index (κ2) is 10.1. The molecule has 2 rings (SSSR count). The lowest BCUT2D eigenvalue weighted by atomic mass is 10.0. The predicted molar refractivity (Wildman–Crippen MR) is 114 cm³/mol. The topological polar surface area (TPSA) is 56.7 Å². The van der Waals surface area contributed by atoms with Crippen LogP contribution in [0.1, 0.15) is 41.7 Å². The number of hydrazone groups is 1. The van der Waals surface area contributed by atoms with E-state index in [2.05, 4.69) is 55.7 Å². The highest BCUT2D eigenvalue weighted by Crippen LogP contribution is 2.15. The Morgan fingerprint density at radius 3 is 2.52 bits per heavy atom. The monoisotopic (exact) mass is 361 g/mol. The highest BCUT2D eigenvalue weighted by Gasteiger charge is 2.01. The number of allylic oxidation sites excluding steroid dienone is 1. The lowest BCUT2D eigenvalue weighted by molar-refractivity contribution is 0.205. The summed E-state index contributed by atoms with van der Waals surface area (Å²) in [6.45, 7) is 12.0. The number of hydroxylamine groups is 1. The fourth-order valence-electron chi connectivity index (χ4n) is 2.71. The van der Waals surface area contributed by atoms with Gasteiger partial charge in [0.1, 0.15) is 0 Å². The summed E-state index contributed by atoms with van der Waals surface area (Å²) in [4.78, 5) is 0. The zero-order valence-electron chi connectivity index (χ0n) is 16.0. The van der Waals surface area contributed by atoms with Crippen LogP contribution in [0.4, 0.5) is 0 Å². The van der Waals surface area contributed by atoms with E-state index in [1.165, 1.54) is 11.1 Å². The Balaban J connectivity index is 2.04. The molecule has 4 heteroatoms. The van der Waals surface area contributed by atoms with Crippen molar-refractivity contribution in [2.45, 2.75) is 26.7 Å². The summed E-state index contributed by atoms with van der Waals surface area (Å²) in [7, 11) is 0. The second-order valence-corrected chi connectivity index (χ2v) is 6.18. The summed E-state index contributed by atoms with van der Waals surface area (Å²) in [5, 5.41) is 13.1. The van der Waals surface area contributed by atoms with Gasteiger partial charge >= 0.3 is 0 Å². The Morgan fingerprint density at radius 1 is 1.04 bits per heavy atom. The maximum atomic E-state index is 8.77. The quantitative estimate of drug-likeness (QED) is 0.338. The highest BCUT2D eigenvalue weighted by molar-refractivity contribution is 5.80. The number of nitrogens with one attached hydrogen (secondary N) is 2. The SMILES string of the molecule is C=C(/C=C/c1cccc(C(=C)N/N=C/c2ccc(CC)c(CC)c2)c1)NO. The van der Waals surface area contributed by atoms with Gasteiger partial charge in [-0.15, -0.1) is 0 Å². The van der Waals surface area contributed by atoms with Gasteiger partial charge in [0.15, 0.2) is 0 Å². The number of hydrogen-bond acceptors (Lipinski definition) is 4. The van der Waals surface area contributed by atoms with Crippen LogP contribution in [-0.4, -0.2) is 11.4 Å². The van der Waals surface area contributed by atoms with Gasteiger partial charge in [0, 0.05) is 0 Å². The van der Waals surface area contributed by atoms with E-state index in [4.69, 9.17) is 5.21 Å². The smallest absolute Gasteiger partial charge is 0.0562 e. The molecule has 27 heavy (non-hydrogen) atoms. The van der Waals surface area contributed by atoms with Gasteiger partial charge in [0.2, 0.25) is 0 Å². The van der Waals surface area contributed by atoms with Crippen molar-refractivity contribution in [2.75, 3.05) is 0 Å². The van der Waals surface area contributed by atoms with E-state index in [-0.39, 0.29) is 0 Å². The number of rotatable bonds is 9. The first-order chi connectivity index (χ1) is 13.1. The number of nitrogens with zero attached hydrogens (tertiary/aromatic N) is 1. The Hall–Kier alpha value is -3.11. The molecule has 0 bridgehead atoms. The van der Waals surface area contributed by atoms with Crippen molar-refractivity contribution in [3.05, 3.63) is 95.2 Å². The van der Waals surface area contributed by atoms with E-state index >= 15 is 0 Å². The molecule has 0 aliphatic heterocycles. The minimum atomic E-state index is 0.419. The second-order valence-electron chi connectivity index (χ2n) is 6.18. The first-order valence-corrected chi connectivity index (χ1v) is 9.04. The van der Waals surface area contributed by atoms with E-state index in [0.29, 0.717) is 11.4 Å². The van der Waals surface area contributed by atoms with Crippen molar-refractivity contribution in [2.24, 2.45) is 5.10 Å². The van der Waals surface area contributed by atoms with Crippen LogP contribution < -0.4 is 10.9 Å². The van der Waals surface area contributed by atoms with Gasteiger partial charge in [0.25, 0.3) is 0 Å². The van der Waals surface area contributed by atoms with Crippen LogP contribution in [0.2, 0.25) is 0 Å². The van der Waals surface area contributed by atoms with E-state index in [9.17, 15) is 0 Å². The van der Waals surface area contributed by atoms with Crippen LogP contribution in [-0.2, 0) is 12.8 Å². The van der Waals surface area contributed by atoms with E-state index in [0.717, 1.165) is 29.5 Å². The Kier molecular flexibility index (Phi) is 7.59. The molecule has 2 aromatic rings. The molecule has 0 saturated heterocycles. The zero-order chi connectivity index (χ0) is 19.6. The molecule has 0 radical (unpaired) electrons. The maximum absolute atomic E-state index is 8.77. The molecule has 3 N–H and O–H groups in total. The molecule has 0 unspecified atom stereocenters. The molecule has 0 aliphatic carbocycles. The fourth-order valence-corrected chi connectivity index (χ4v) is 2.71. The normalized spacial score (nSPS) is 11.1. The Bertz CT molecular complexity index is 866. The summed E-state index contributed by atoms with van der Waals surface area (Å²) in [6, 6.07) is 14.3. The van der Waals surface area contributed by atoms with Gasteiger partial charge in [-0.1, -0.05) is 63.4 Å². The molecule has 140 valence electrons. The molecule has 4 nitrogen and oxygen atoms in total. The molecule has 0 aromatic heterocycles. The number of aryl methyl sites for hydroxylation is 2. The summed E-state index contributed by atoms with van der Waals surface area (Å²) in [5.74, 6) is 0. The lowest BCUT2D eigenvalue weighted by Crippen LogP contribution is -2.04. The lowest BCUT2D eigenvalue weighted by Gasteiger charge is -2.08. The molecule has 0 atom stereocenters. The molecule has 2 aromatic carbocycles. The highest BCUT2D eigenvalue weighted by atomic mass is 16.5. The maximum Gasteiger partial charge on any atom is 0.0562 e. The van der Waals surface area contributed by atoms with Gasteiger partial charge in [-0.05, 0) is 58.9 Å². The minimum Gasteiger partial charge on any atom is -0.291 e. The largest absolute Gasteiger partial charge is 0.291 e. The average Bonchev–Trinajstić information content (AvgIpc) is 2.71. The first kappa shape index (κ1) is 20.2. The van der Waals surface area contributed by atoms with Gasteiger partial charge in [-0.2, -0.15) is 5.10 Å². The van der Waals surface area contributed by atoms with Crippen LogP contribution in [0, 0.1) is 0 Å². The van der Waals surface area contributed by atoms with Crippen LogP contribution in [0.5, 0.6) is 0 Å². The van der Waals surface area contributed by atoms with Crippen molar-refractivity contribution in [3.8, 4) is 0 Å². The third-order valence-corrected chi connectivity index (χ3v) is 4.26. The van der Waals surface area contributed by atoms with Gasteiger partial charge in [0.05, 0.1) is 17.6 Å². The fraction of sp³-hybridized carbons (Fsp3) is 0.174. The summed E-state index contributed by atoms with van der Waals surface area (Å²) in [6.07, 6.45) is 7.42. The molecule has 0 fully saturated rings. The summed E-state index contributed by atoms with van der Waals surface area (Å²) < 4.78 is 0. The van der Waals surface area contributed by atoms with Crippen molar-refractivity contribution < 1.29 is 5.21 Å². The van der Waals surface area contributed by atoms with Crippen molar-refractivity contribution >= 4 is 18.0 Å². The van der Waals surface area contributed by atoms with Gasteiger partial charge in [-0.3, -0.25) is 16.1 Å². The van der Waals surface area contributed by atoms with Crippen LogP contribution >= 0.6 is 0 Å². The summed E-state index contributed by atoms with van der Waals surface area (Å²) >= 11 is 0. The van der Waals surface area contributed by atoms with Crippen molar-refractivity contribution in [1.82, 2.24) is 10.9 Å². The molecule has 0 spiro atoms. The number of benzene rings is 2. The Labute approximate surface area is 161 Å². The van der Waals surface area contributed by atoms with Crippen molar-refractivity contribution in [1.29, 1.82) is 0 Å². The molecule has 0 saturated carbocycles. The minimum absolute atomic E-state index is 0.419. The van der Waals surface area contributed by atoms with Crippen LogP contribution in [0.25, 0.3) is 11.8 Å². The molecular weight excluding hydrogens is 334 g/mol. The van der Waals surface area contributed by atoms with Gasteiger partial charge in [-0.25, -0.2) is 0 Å². The predicted octanol–water partition coefficient (Wildman–Crippen LogP) is 4.91. The zero-order valence-corrected chi connectivity index (χ0v) is 16.0. The third kappa shape index (κ3) is 5.97. The van der Waals surface area contributed by atoms with Crippen LogP contribution in [0.3, 0.4) is 0 Å². The first-order valence-electron chi connectivity index (χ1n) is 9.04.